The van der Waals surface area contributed by atoms with E-state index in [1.807, 2.05) is 12.1 Å². The fourth-order valence-electron chi connectivity index (χ4n) is 2.39. The summed E-state index contributed by atoms with van der Waals surface area (Å²) in [5.41, 5.74) is 0.703. The van der Waals surface area contributed by atoms with E-state index in [0.29, 0.717) is 10.9 Å². The van der Waals surface area contributed by atoms with E-state index in [1.165, 1.54) is 12.1 Å². The van der Waals surface area contributed by atoms with Gasteiger partial charge in [-0.25, -0.2) is 0 Å². The minimum absolute atomic E-state index is 0. The number of aromatic hydroxyl groups is 1. The maximum absolute atomic E-state index is 11.6. The SMILES string of the molecule is Cc1cc(N=Nc2c(O)ccc3ccccc23)c(S(=O)(=O)O)cc1Cl.[Ba]. The fraction of sp³-hybridized carbons (Fsp3) is 0.0588. The summed E-state index contributed by atoms with van der Waals surface area (Å²) >= 11 is 5.92. The number of benzene rings is 3. The van der Waals surface area contributed by atoms with Gasteiger partial charge >= 0.3 is 0 Å². The predicted octanol–water partition coefficient (Wildman–Crippen LogP) is 4.79. The molecule has 0 aliphatic carbocycles. The van der Waals surface area contributed by atoms with Crippen LogP contribution in [-0.2, 0) is 10.1 Å². The average Bonchev–Trinajstić information content (AvgIpc) is 2.55. The number of hydrogen-bond acceptors (Lipinski definition) is 5. The Kier molecular flexibility index (Phi) is 6.92. The standard InChI is InChI=1S/C17H13ClN2O4S.Ba/c1-10-8-14(16(9-13(10)18)25(22,23)24)19-20-17-12-5-3-2-4-11(12)6-7-15(17)21;/h2-9,21H,1H3,(H,22,23,24);. The number of phenolic OH excluding ortho intramolecular Hbond substituents is 1. The van der Waals surface area contributed by atoms with E-state index in [2.05, 4.69) is 10.2 Å². The molecule has 3 rings (SSSR count). The molecule has 0 heterocycles. The van der Waals surface area contributed by atoms with E-state index in [4.69, 9.17) is 11.6 Å². The van der Waals surface area contributed by atoms with Gasteiger partial charge in [0.05, 0.1) is 0 Å². The van der Waals surface area contributed by atoms with Crippen molar-refractivity contribution in [3.63, 3.8) is 0 Å². The first-order valence-electron chi connectivity index (χ1n) is 7.17. The molecule has 130 valence electrons. The first-order chi connectivity index (χ1) is 11.8. The van der Waals surface area contributed by atoms with E-state index in [9.17, 15) is 18.1 Å². The van der Waals surface area contributed by atoms with Gasteiger partial charge < -0.3 is 5.11 Å². The molecule has 0 aromatic heterocycles. The molecule has 0 spiro atoms. The van der Waals surface area contributed by atoms with Crippen LogP contribution in [0.15, 0.2) is 63.7 Å². The first-order valence-corrected chi connectivity index (χ1v) is 8.99. The Morgan fingerprint density at radius 2 is 1.73 bits per heavy atom. The van der Waals surface area contributed by atoms with Gasteiger partial charge in [-0.05, 0) is 36.1 Å². The molecule has 3 aromatic rings. The summed E-state index contributed by atoms with van der Waals surface area (Å²) in [7, 11) is -4.53. The average molecular weight is 514 g/mol. The third-order valence-corrected chi connectivity index (χ3v) is 4.95. The number of nitrogens with zero attached hydrogens (tertiary/aromatic N) is 2. The zero-order valence-electron chi connectivity index (χ0n) is 13.7. The van der Waals surface area contributed by atoms with Crippen LogP contribution < -0.4 is 0 Å². The minimum Gasteiger partial charge on any atom is -0.506 e. The molecule has 2 radical (unpaired) electrons. The zero-order chi connectivity index (χ0) is 18.2. The quantitative estimate of drug-likeness (QED) is 0.299. The van der Waals surface area contributed by atoms with Crippen LogP contribution in [0.5, 0.6) is 5.75 Å². The topological polar surface area (TPSA) is 99.3 Å². The summed E-state index contributed by atoms with van der Waals surface area (Å²) in [6, 6.07) is 13.0. The Morgan fingerprint density at radius 1 is 1.04 bits per heavy atom. The van der Waals surface area contributed by atoms with Crippen LogP contribution in [0.4, 0.5) is 11.4 Å². The molecular weight excluding hydrogens is 501 g/mol. The number of aryl methyl sites for hydroxylation is 1. The normalized spacial score (nSPS) is 11.7. The summed E-state index contributed by atoms with van der Waals surface area (Å²) in [6.45, 7) is 1.67. The third kappa shape index (κ3) is 4.49. The van der Waals surface area contributed by atoms with Gasteiger partial charge in [-0.3, -0.25) is 4.55 Å². The molecule has 0 aliphatic heterocycles. The van der Waals surface area contributed by atoms with Crippen LogP contribution in [0.1, 0.15) is 5.56 Å². The molecule has 0 bridgehead atoms. The molecule has 6 nitrogen and oxygen atoms in total. The van der Waals surface area contributed by atoms with Gasteiger partial charge in [0.25, 0.3) is 10.1 Å². The van der Waals surface area contributed by atoms with Gasteiger partial charge in [-0.1, -0.05) is 41.9 Å². The number of azo groups is 1. The molecule has 9 heteroatoms. The van der Waals surface area contributed by atoms with Gasteiger partial charge in [0, 0.05) is 59.3 Å². The fourth-order valence-corrected chi connectivity index (χ4v) is 3.24. The van der Waals surface area contributed by atoms with E-state index < -0.39 is 15.0 Å². The zero-order valence-corrected chi connectivity index (χ0v) is 19.7. The molecule has 26 heavy (non-hydrogen) atoms. The molecule has 0 atom stereocenters. The Balaban J connectivity index is 0.00000243. The molecule has 0 saturated carbocycles. The summed E-state index contributed by atoms with van der Waals surface area (Å²) in [5.74, 6) is -0.0958. The van der Waals surface area contributed by atoms with Crippen LogP contribution in [0, 0.1) is 6.92 Å². The second kappa shape index (κ2) is 8.41. The van der Waals surface area contributed by atoms with Crippen LogP contribution >= 0.6 is 11.6 Å². The Hall–Kier alpha value is -0.909. The number of phenols is 1. The monoisotopic (exact) mass is 514 g/mol. The minimum atomic E-state index is -4.53. The van der Waals surface area contributed by atoms with Gasteiger partial charge in [0.15, 0.2) is 0 Å². The van der Waals surface area contributed by atoms with Crippen molar-refractivity contribution in [3.05, 3.63) is 59.1 Å². The first kappa shape index (κ1) is 21.4. The summed E-state index contributed by atoms with van der Waals surface area (Å²) in [4.78, 5) is -0.452. The second-order valence-electron chi connectivity index (χ2n) is 5.40. The molecule has 0 fully saturated rings. The third-order valence-electron chi connectivity index (χ3n) is 3.66. The van der Waals surface area contributed by atoms with Crippen molar-refractivity contribution >= 4 is 92.7 Å². The smallest absolute Gasteiger partial charge is 0.296 e. The Morgan fingerprint density at radius 3 is 2.42 bits per heavy atom. The van der Waals surface area contributed by atoms with Gasteiger partial charge in [0.1, 0.15) is 22.0 Å². The number of rotatable bonds is 3. The van der Waals surface area contributed by atoms with Crippen molar-refractivity contribution in [2.75, 3.05) is 0 Å². The Labute approximate surface area is 195 Å². The molecule has 2 N–H and O–H groups in total. The van der Waals surface area contributed by atoms with Crippen LogP contribution in [0.25, 0.3) is 10.8 Å². The molecular formula is C17H13BaClN2O4S. The van der Waals surface area contributed by atoms with E-state index in [1.54, 1.807) is 25.1 Å². The predicted molar refractivity (Wildman–Crippen MR) is 102 cm³/mol. The van der Waals surface area contributed by atoms with E-state index >= 15 is 0 Å². The molecule has 0 amide bonds. The maximum Gasteiger partial charge on any atom is 0.296 e. The summed E-state index contributed by atoms with van der Waals surface area (Å²) < 4.78 is 32.5. The Bertz CT molecular complexity index is 1120. The molecule has 3 aromatic carbocycles. The molecule has 0 aliphatic rings. The van der Waals surface area contributed by atoms with E-state index in [-0.39, 0.29) is 71.0 Å². The van der Waals surface area contributed by atoms with Crippen molar-refractivity contribution in [1.82, 2.24) is 0 Å². The molecule has 0 unspecified atom stereocenters. The van der Waals surface area contributed by atoms with Crippen molar-refractivity contribution in [2.24, 2.45) is 10.2 Å². The second-order valence-corrected chi connectivity index (χ2v) is 7.20. The van der Waals surface area contributed by atoms with Crippen LogP contribution in [0.2, 0.25) is 5.02 Å². The number of fused-ring (bicyclic) bond motifs is 1. The molecule has 0 saturated heterocycles. The number of halogens is 1. The van der Waals surface area contributed by atoms with E-state index in [0.717, 1.165) is 11.5 Å². The van der Waals surface area contributed by atoms with Crippen molar-refractivity contribution in [1.29, 1.82) is 0 Å². The maximum atomic E-state index is 11.6. The van der Waals surface area contributed by atoms with Crippen molar-refractivity contribution < 1.29 is 18.1 Å². The van der Waals surface area contributed by atoms with Gasteiger partial charge in [-0.15, -0.1) is 10.2 Å². The van der Waals surface area contributed by atoms with Crippen molar-refractivity contribution in [2.45, 2.75) is 11.8 Å². The van der Waals surface area contributed by atoms with Crippen LogP contribution in [-0.4, -0.2) is 67.0 Å². The number of hydrogen-bond donors (Lipinski definition) is 2. The van der Waals surface area contributed by atoms with Crippen molar-refractivity contribution in [3.8, 4) is 5.75 Å². The van der Waals surface area contributed by atoms with Crippen LogP contribution in [0.3, 0.4) is 0 Å². The van der Waals surface area contributed by atoms with Gasteiger partial charge in [0.2, 0.25) is 0 Å². The largest absolute Gasteiger partial charge is 0.506 e. The summed E-state index contributed by atoms with van der Waals surface area (Å²) in [5, 5.41) is 19.7. The van der Waals surface area contributed by atoms with Gasteiger partial charge in [-0.2, -0.15) is 8.42 Å². The summed E-state index contributed by atoms with van der Waals surface area (Å²) in [6.07, 6.45) is 0.